The van der Waals surface area contributed by atoms with Gasteiger partial charge in [-0.25, -0.2) is 9.69 Å². The van der Waals surface area contributed by atoms with Gasteiger partial charge < -0.3 is 4.74 Å². The van der Waals surface area contributed by atoms with Crippen molar-refractivity contribution in [2.45, 2.75) is 44.3 Å². The highest BCUT2D eigenvalue weighted by Crippen LogP contribution is 2.42. The summed E-state index contributed by atoms with van der Waals surface area (Å²) in [5.41, 5.74) is 0.589. The van der Waals surface area contributed by atoms with Crippen molar-refractivity contribution in [2.75, 3.05) is 6.61 Å². The second-order valence-electron chi connectivity index (χ2n) is 6.63. The van der Waals surface area contributed by atoms with Crippen LogP contribution in [-0.4, -0.2) is 29.7 Å². The van der Waals surface area contributed by atoms with Crippen LogP contribution in [0, 0.1) is 11.8 Å². The third kappa shape index (κ3) is 3.65. The standard InChI is InChI=1S/C18H20F3NO3/c19-18(20,21)15(13-9-5-2-6-10-13)16(23)22-14(11-25-17(22)24)12-7-3-1-4-8-12/h1,3-4,7-8,13-15H,2,5-6,9-11H2/t14-,15+/m0/s1. The summed E-state index contributed by atoms with van der Waals surface area (Å²) in [4.78, 5) is 25.5. The summed E-state index contributed by atoms with van der Waals surface area (Å²) in [7, 11) is 0. The lowest BCUT2D eigenvalue weighted by atomic mass is 9.78. The van der Waals surface area contributed by atoms with Gasteiger partial charge in [0.25, 0.3) is 0 Å². The van der Waals surface area contributed by atoms with Gasteiger partial charge in [-0.3, -0.25) is 4.79 Å². The molecule has 7 heteroatoms. The van der Waals surface area contributed by atoms with Gasteiger partial charge in [0.2, 0.25) is 5.91 Å². The number of halogens is 3. The van der Waals surface area contributed by atoms with Crippen molar-refractivity contribution in [3.8, 4) is 0 Å². The first kappa shape index (κ1) is 17.8. The van der Waals surface area contributed by atoms with Crippen molar-refractivity contribution in [1.82, 2.24) is 4.90 Å². The summed E-state index contributed by atoms with van der Waals surface area (Å²) in [5, 5.41) is 0. The number of carbonyl (C=O) groups excluding carboxylic acids is 2. The summed E-state index contributed by atoms with van der Waals surface area (Å²) in [5.74, 6) is -4.11. The Morgan fingerprint density at radius 1 is 1.12 bits per heavy atom. The van der Waals surface area contributed by atoms with Crippen LogP contribution in [-0.2, 0) is 9.53 Å². The van der Waals surface area contributed by atoms with Crippen molar-refractivity contribution >= 4 is 12.0 Å². The van der Waals surface area contributed by atoms with E-state index in [9.17, 15) is 22.8 Å². The van der Waals surface area contributed by atoms with Crippen LogP contribution < -0.4 is 0 Å². The molecule has 136 valence electrons. The van der Waals surface area contributed by atoms with Gasteiger partial charge in [-0.1, -0.05) is 49.6 Å². The Hall–Kier alpha value is -2.05. The number of benzene rings is 1. The van der Waals surface area contributed by atoms with Crippen LogP contribution in [0.15, 0.2) is 30.3 Å². The first-order valence-corrected chi connectivity index (χ1v) is 8.51. The third-order valence-electron chi connectivity index (χ3n) is 5.03. The Balaban J connectivity index is 1.90. The summed E-state index contributed by atoms with van der Waals surface area (Å²) in [6.07, 6.45) is -2.72. The highest BCUT2D eigenvalue weighted by atomic mass is 19.4. The number of hydrogen-bond donors (Lipinski definition) is 0. The average Bonchev–Trinajstić information content (AvgIpc) is 2.97. The molecule has 0 radical (unpaired) electrons. The van der Waals surface area contributed by atoms with E-state index in [1.54, 1.807) is 30.3 Å². The highest BCUT2D eigenvalue weighted by molar-refractivity contribution is 5.95. The molecule has 2 aliphatic rings. The van der Waals surface area contributed by atoms with Crippen LogP contribution >= 0.6 is 0 Å². The van der Waals surface area contributed by atoms with Crippen molar-refractivity contribution in [3.63, 3.8) is 0 Å². The molecule has 0 unspecified atom stereocenters. The van der Waals surface area contributed by atoms with Gasteiger partial charge in [0.05, 0.1) is 0 Å². The topological polar surface area (TPSA) is 46.6 Å². The fourth-order valence-corrected chi connectivity index (χ4v) is 3.81. The summed E-state index contributed by atoms with van der Waals surface area (Å²) in [6, 6.07) is 7.72. The van der Waals surface area contributed by atoms with Crippen molar-refractivity contribution < 1.29 is 27.5 Å². The van der Waals surface area contributed by atoms with Crippen LogP contribution in [0.4, 0.5) is 18.0 Å². The molecule has 0 N–H and O–H groups in total. The molecule has 1 heterocycles. The molecule has 0 aromatic heterocycles. The Kier molecular flexibility index (Phi) is 5.01. The molecule has 2 atom stereocenters. The van der Waals surface area contributed by atoms with Gasteiger partial charge in [0, 0.05) is 0 Å². The Morgan fingerprint density at radius 3 is 2.36 bits per heavy atom. The molecule has 25 heavy (non-hydrogen) atoms. The molecule has 1 saturated carbocycles. The molecule has 1 aliphatic carbocycles. The molecular formula is C18H20F3NO3. The monoisotopic (exact) mass is 355 g/mol. The van der Waals surface area contributed by atoms with E-state index in [0.29, 0.717) is 36.1 Å². The van der Waals surface area contributed by atoms with E-state index >= 15 is 0 Å². The fraction of sp³-hybridized carbons (Fsp3) is 0.556. The van der Waals surface area contributed by atoms with Crippen LogP contribution in [0.1, 0.15) is 43.7 Å². The summed E-state index contributed by atoms with van der Waals surface area (Å²) in [6.45, 7) is -0.121. The minimum Gasteiger partial charge on any atom is -0.446 e. The number of imide groups is 1. The van der Waals surface area contributed by atoms with Gasteiger partial charge in [0.15, 0.2) is 0 Å². The molecule has 2 amide bonds. The zero-order valence-electron chi connectivity index (χ0n) is 13.7. The number of hydrogen-bond acceptors (Lipinski definition) is 3. The SMILES string of the molecule is O=C1OC[C@@H](c2ccccc2)N1C(=O)[C@@H](C1CCCCC1)C(F)(F)F. The molecule has 1 saturated heterocycles. The second kappa shape index (κ2) is 7.06. The third-order valence-corrected chi connectivity index (χ3v) is 5.03. The van der Waals surface area contributed by atoms with E-state index in [-0.39, 0.29) is 6.61 Å². The van der Waals surface area contributed by atoms with Crippen LogP contribution in [0.2, 0.25) is 0 Å². The minimum atomic E-state index is -4.68. The Bertz CT molecular complexity index is 626. The van der Waals surface area contributed by atoms with Gasteiger partial charge in [-0.05, 0) is 24.3 Å². The van der Waals surface area contributed by atoms with Gasteiger partial charge in [-0.15, -0.1) is 0 Å². The minimum absolute atomic E-state index is 0.121. The maximum atomic E-state index is 13.7. The molecule has 1 aromatic rings. The number of amides is 2. The van der Waals surface area contributed by atoms with Gasteiger partial charge in [0.1, 0.15) is 18.6 Å². The van der Waals surface area contributed by atoms with Crippen molar-refractivity contribution in [3.05, 3.63) is 35.9 Å². The predicted molar refractivity (Wildman–Crippen MR) is 83.5 cm³/mol. The fourth-order valence-electron chi connectivity index (χ4n) is 3.81. The molecule has 0 spiro atoms. The van der Waals surface area contributed by atoms with E-state index < -0.39 is 36.1 Å². The van der Waals surface area contributed by atoms with Crippen LogP contribution in [0.25, 0.3) is 0 Å². The molecule has 1 aromatic carbocycles. The molecule has 0 bridgehead atoms. The molecule has 3 rings (SSSR count). The second-order valence-corrected chi connectivity index (χ2v) is 6.63. The maximum Gasteiger partial charge on any atom is 0.417 e. The van der Waals surface area contributed by atoms with Crippen LogP contribution in [0.3, 0.4) is 0 Å². The van der Waals surface area contributed by atoms with Crippen molar-refractivity contribution in [2.24, 2.45) is 11.8 Å². The maximum absolute atomic E-state index is 13.7. The number of alkyl halides is 3. The number of carbonyl (C=O) groups is 2. The lowest BCUT2D eigenvalue weighted by Gasteiger charge is -2.33. The molecule has 4 nitrogen and oxygen atoms in total. The zero-order valence-corrected chi connectivity index (χ0v) is 13.7. The van der Waals surface area contributed by atoms with E-state index in [1.807, 2.05) is 0 Å². The van der Waals surface area contributed by atoms with Crippen LogP contribution in [0.5, 0.6) is 0 Å². The van der Waals surface area contributed by atoms with Gasteiger partial charge >= 0.3 is 12.3 Å². The predicted octanol–water partition coefficient (Wildman–Crippen LogP) is 4.47. The first-order valence-electron chi connectivity index (χ1n) is 8.51. The van der Waals surface area contributed by atoms with E-state index in [2.05, 4.69) is 0 Å². The first-order chi connectivity index (χ1) is 11.9. The molecule has 1 aliphatic heterocycles. The highest BCUT2D eigenvalue weighted by Gasteiger charge is 2.54. The normalized spacial score (nSPS) is 23.4. The smallest absolute Gasteiger partial charge is 0.417 e. The van der Waals surface area contributed by atoms with E-state index in [0.717, 1.165) is 6.42 Å². The zero-order chi connectivity index (χ0) is 18.0. The quantitative estimate of drug-likeness (QED) is 0.804. The number of rotatable bonds is 3. The van der Waals surface area contributed by atoms with E-state index in [1.165, 1.54) is 0 Å². The largest absolute Gasteiger partial charge is 0.446 e. The number of nitrogens with zero attached hydrogens (tertiary/aromatic N) is 1. The van der Waals surface area contributed by atoms with Crippen molar-refractivity contribution in [1.29, 1.82) is 0 Å². The lowest BCUT2D eigenvalue weighted by Crippen LogP contribution is -2.47. The molecule has 2 fully saturated rings. The number of ether oxygens (including phenoxy) is 1. The lowest BCUT2D eigenvalue weighted by molar-refractivity contribution is -0.200. The summed E-state index contributed by atoms with van der Waals surface area (Å²) < 4.78 is 45.9. The van der Waals surface area contributed by atoms with Gasteiger partial charge in [-0.2, -0.15) is 13.2 Å². The van der Waals surface area contributed by atoms with E-state index in [4.69, 9.17) is 4.74 Å². The average molecular weight is 355 g/mol. The Morgan fingerprint density at radius 2 is 1.76 bits per heavy atom. The summed E-state index contributed by atoms with van der Waals surface area (Å²) >= 11 is 0. The number of cyclic esters (lactones) is 1. The Labute approximate surface area is 143 Å². The molecular weight excluding hydrogens is 335 g/mol.